The predicted molar refractivity (Wildman–Crippen MR) is 110 cm³/mol. The van der Waals surface area contributed by atoms with Crippen LogP contribution in [0.5, 0.6) is 0 Å². The molecule has 1 aromatic rings. The molecular weight excluding hydrogens is 356 g/mol. The number of nitrogens with two attached hydrogens (primary N) is 1. The Morgan fingerprint density at radius 1 is 1.21 bits per heavy atom. The highest BCUT2D eigenvalue weighted by atomic mass is 16.5. The van der Waals surface area contributed by atoms with Gasteiger partial charge in [-0.3, -0.25) is 9.59 Å². The Hall–Kier alpha value is -1.96. The number of hydrogen-bond acceptors (Lipinski definition) is 5. The molecule has 0 aliphatic heterocycles. The zero-order valence-electron chi connectivity index (χ0n) is 17.7. The Bertz CT molecular complexity index is 687. The summed E-state index contributed by atoms with van der Waals surface area (Å²) in [6.45, 7) is 8.26. The molecule has 1 fully saturated rings. The Morgan fingerprint density at radius 2 is 1.86 bits per heavy atom. The van der Waals surface area contributed by atoms with Crippen LogP contribution >= 0.6 is 0 Å². The van der Waals surface area contributed by atoms with E-state index in [2.05, 4.69) is 10.6 Å². The number of amides is 2. The van der Waals surface area contributed by atoms with Gasteiger partial charge in [-0.1, -0.05) is 26.0 Å². The van der Waals surface area contributed by atoms with Crippen molar-refractivity contribution in [1.29, 1.82) is 0 Å². The molecule has 28 heavy (non-hydrogen) atoms. The minimum atomic E-state index is -0.931. The fourth-order valence-corrected chi connectivity index (χ4v) is 3.43. The van der Waals surface area contributed by atoms with Crippen molar-refractivity contribution in [2.75, 3.05) is 33.8 Å². The largest absolute Gasteiger partial charge is 0.378 e. The average molecular weight is 391 g/mol. The first-order valence-electron chi connectivity index (χ1n) is 9.82. The summed E-state index contributed by atoms with van der Waals surface area (Å²) in [6, 6.07) is 7.23. The predicted octanol–water partition coefficient (Wildman–Crippen LogP) is 1.13. The van der Waals surface area contributed by atoms with Crippen LogP contribution in [0.1, 0.15) is 43.1 Å². The number of nitrogens with zero attached hydrogens (tertiary/aromatic N) is 1. The number of nitrogens with one attached hydrogen (secondary N) is 2. The van der Waals surface area contributed by atoms with Gasteiger partial charge in [-0.15, -0.1) is 0 Å². The molecule has 1 saturated carbocycles. The number of hydrogen-bond donors (Lipinski definition) is 3. The van der Waals surface area contributed by atoms with Crippen molar-refractivity contribution >= 4 is 11.8 Å². The standard InChI is InChI=1S/C21H34N4O3/c1-6-28-17-13-21(22,20(17,2)3)19(27)24-14-15-7-9-16(10-8-15)18(26)23-11-12-25(4)5/h7-10,17H,6,11-14,22H2,1-5H3,(H,23,26)(H,24,27). The van der Waals surface area contributed by atoms with Crippen LogP contribution in [0.3, 0.4) is 0 Å². The van der Waals surface area contributed by atoms with Crippen molar-refractivity contribution in [3.05, 3.63) is 35.4 Å². The summed E-state index contributed by atoms with van der Waals surface area (Å²) in [5, 5.41) is 5.81. The van der Waals surface area contributed by atoms with Gasteiger partial charge in [0.1, 0.15) is 5.54 Å². The van der Waals surface area contributed by atoms with Crippen molar-refractivity contribution in [3.8, 4) is 0 Å². The maximum absolute atomic E-state index is 12.7. The van der Waals surface area contributed by atoms with Crippen LogP contribution < -0.4 is 16.4 Å². The van der Waals surface area contributed by atoms with Gasteiger partial charge in [-0.05, 0) is 38.7 Å². The van der Waals surface area contributed by atoms with Crippen LogP contribution in [0, 0.1) is 5.41 Å². The molecule has 2 atom stereocenters. The fraction of sp³-hybridized carbons (Fsp3) is 0.619. The number of ether oxygens (including phenoxy) is 1. The lowest BCUT2D eigenvalue weighted by molar-refractivity contribution is -0.170. The minimum Gasteiger partial charge on any atom is -0.378 e. The first kappa shape index (κ1) is 22.3. The first-order valence-corrected chi connectivity index (χ1v) is 9.82. The lowest BCUT2D eigenvalue weighted by Crippen LogP contribution is -2.75. The van der Waals surface area contributed by atoms with Gasteiger partial charge in [0.2, 0.25) is 5.91 Å². The van der Waals surface area contributed by atoms with E-state index in [9.17, 15) is 9.59 Å². The SMILES string of the molecule is CCOC1CC(N)(C(=O)NCc2ccc(C(=O)NCCN(C)C)cc2)C1(C)C. The van der Waals surface area contributed by atoms with E-state index in [1.165, 1.54) is 0 Å². The smallest absolute Gasteiger partial charge is 0.251 e. The molecule has 0 radical (unpaired) electrons. The van der Waals surface area contributed by atoms with E-state index in [1.807, 2.05) is 51.9 Å². The molecule has 156 valence electrons. The number of likely N-dealkylation sites (N-methyl/N-ethyl adjacent to an activating group) is 1. The van der Waals surface area contributed by atoms with Gasteiger partial charge in [0.15, 0.2) is 0 Å². The summed E-state index contributed by atoms with van der Waals surface area (Å²) in [6.07, 6.45) is 0.518. The molecule has 1 aromatic carbocycles. The maximum Gasteiger partial charge on any atom is 0.251 e. The van der Waals surface area contributed by atoms with Crippen LogP contribution in [0.2, 0.25) is 0 Å². The molecule has 1 aliphatic carbocycles. The topological polar surface area (TPSA) is 96.7 Å². The molecule has 0 spiro atoms. The van der Waals surface area contributed by atoms with E-state index < -0.39 is 11.0 Å². The lowest BCUT2D eigenvalue weighted by Gasteiger charge is -2.57. The van der Waals surface area contributed by atoms with Crippen molar-refractivity contribution in [2.45, 2.75) is 45.4 Å². The summed E-state index contributed by atoms with van der Waals surface area (Å²) in [5.74, 6) is -0.268. The molecule has 0 heterocycles. The lowest BCUT2D eigenvalue weighted by atomic mass is 9.54. The third-order valence-electron chi connectivity index (χ3n) is 5.75. The summed E-state index contributed by atoms with van der Waals surface area (Å²) >= 11 is 0. The summed E-state index contributed by atoms with van der Waals surface area (Å²) in [4.78, 5) is 26.8. The van der Waals surface area contributed by atoms with E-state index >= 15 is 0 Å². The van der Waals surface area contributed by atoms with Gasteiger partial charge in [-0.25, -0.2) is 0 Å². The molecule has 0 aromatic heterocycles. The number of carbonyl (C=O) groups excluding carboxylic acids is 2. The molecule has 2 unspecified atom stereocenters. The Kier molecular flexibility index (Phi) is 7.20. The fourth-order valence-electron chi connectivity index (χ4n) is 3.43. The van der Waals surface area contributed by atoms with Gasteiger partial charge in [-0.2, -0.15) is 0 Å². The van der Waals surface area contributed by atoms with Crippen molar-refractivity contribution in [2.24, 2.45) is 11.1 Å². The van der Waals surface area contributed by atoms with E-state index in [4.69, 9.17) is 10.5 Å². The number of benzene rings is 1. The van der Waals surface area contributed by atoms with Gasteiger partial charge in [0, 0.05) is 43.6 Å². The normalized spacial score (nSPS) is 23.2. The van der Waals surface area contributed by atoms with E-state index in [-0.39, 0.29) is 17.9 Å². The highest BCUT2D eigenvalue weighted by Gasteiger charge is 2.62. The minimum absolute atomic E-state index is 0.00135. The second-order valence-corrected chi connectivity index (χ2v) is 8.28. The van der Waals surface area contributed by atoms with Crippen LogP contribution in [0.4, 0.5) is 0 Å². The third kappa shape index (κ3) is 4.71. The second-order valence-electron chi connectivity index (χ2n) is 8.28. The second kappa shape index (κ2) is 9.03. The van der Waals surface area contributed by atoms with E-state index in [1.54, 1.807) is 12.1 Å². The molecule has 0 saturated heterocycles. The van der Waals surface area contributed by atoms with Crippen LogP contribution in [0.25, 0.3) is 0 Å². The zero-order valence-corrected chi connectivity index (χ0v) is 17.7. The molecule has 2 rings (SSSR count). The van der Waals surface area contributed by atoms with Crippen LogP contribution in [-0.4, -0.2) is 62.1 Å². The molecule has 4 N–H and O–H groups in total. The first-order chi connectivity index (χ1) is 13.1. The summed E-state index contributed by atoms with van der Waals surface area (Å²) in [5.41, 5.74) is 6.56. The molecule has 1 aliphatic rings. The van der Waals surface area contributed by atoms with Crippen LogP contribution in [0.15, 0.2) is 24.3 Å². The molecule has 7 nitrogen and oxygen atoms in total. The van der Waals surface area contributed by atoms with Crippen molar-refractivity contribution in [1.82, 2.24) is 15.5 Å². The van der Waals surface area contributed by atoms with E-state index in [0.717, 1.165) is 12.1 Å². The average Bonchev–Trinajstić information content (AvgIpc) is 2.65. The molecule has 7 heteroatoms. The number of rotatable bonds is 9. The Morgan fingerprint density at radius 3 is 2.39 bits per heavy atom. The summed E-state index contributed by atoms with van der Waals surface area (Å²) in [7, 11) is 3.92. The highest BCUT2D eigenvalue weighted by Crippen LogP contribution is 2.49. The van der Waals surface area contributed by atoms with Crippen LogP contribution in [-0.2, 0) is 16.1 Å². The Labute approximate surface area is 168 Å². The molecular formula is C21H34N4O3. The molecule has 2 amide bonds. The maximum atomic E-state index is 12.7. The van der Waals surface area contributed by atoms with Crippen molar-refractivity contribution in [3.63, 3.8) is 0 Å². The van der Waals surface area contributed by atoms with Crippen molar-refractivity contribution < 1.29 is 14.3 Å². The van der Waals surface area contributed by atoms with Gasteiger partial charge < -0.3 is 26.0 Å². The zero-order chi connectivity index (χ0) is 20.9. The highest BCUT2D eigenvalue weighted by molar-refractivity contribution is 5.94. The van der Waals surface area contributed by atoms with Gasteiger partial charge in [0.05, 0.1) is 6.10 Å². The monoisotopic (exact) mass is 390 g/mol. The van der Waals surface area contributed by atoms with Gasteiger partial charge >= 0.3 is 0 Å². The summed E-state index contributed by atoms with van der Waals surface area (Å²) < 4.78 is 5.68. The number of carbonyl (C=O) groups is 2. The van der Waals surface area contributed by atoms with E-state index in [0.29, 0.717) is 31.7 Å². The Balaban J connectivity index is 1.86. The quantitative estimate of drug-likeness (QED) is 0.587. The molecule has 0 bridgehead atoms. The van der Waals surface area contributed by atoms with Gasteiger partial charge in [0.25, 0.3) is 5.91 Å². The third-order valence-corrected chi connectivity index (χ3v) is 5.75.